The van der Waals surface area contributed by atoms with Crippen molar-refractivity contribution in [2.45, 2.75) is 12.5 Å². The number of aromatic nitrogens is 3. The molecule has 21 heavy (non-hydrogen) atoms. The van der Waals surface area contributed by atoms with Crippen LogP contribution in [0.1, 0.15) is 6.42 Å². The van der Waals surface area contributed by atoms with Crippen molar-refractivity contribution in [2.24, 2.45) is 5.73 Å². The Morgan fingerprint density at radius 2 is 2.38 bits per heavy atom. The number of nitrogens with two attached hydrogens (primary N) is 1. The molecule has 0 aliphatic heterocycles. The number of hydrogen-bond acceptors (Lipinski definition) is 5. The predicted octanol–water partition coefficient (Wildman–Crippen LogP) is 1.94. The van der Waals surface area contributed by atoms with E-state index in [4.69, 9.17) is 17.3 Å². The van der Waals surface area contributed by atoms with Crippen molar-refractivity contribution in [2.75, 3.05) is 17.3 Å². The van der Waals surface area contributed by atoms with Crippen LogP contribution in [0.25, 0.3) is 5.69 Å². The number of amides is 1. The maximum absolute atomic E-state index is 12.1. The molecule has 2 rings (SSSR count). The Morgan fingerprint density at radius 1 is 1.57 bits per heavy atom. The van der Waals surface area contributed by atoms with Crippen LogP contribution >= 0.6 is 23.4 Å². The molecule has 1 amide bonds. The Balaban J connectivity index is 2.21. The molecule has 1 aromatic heterocycles. The molecule has 0 aliphatic carbocycles. The first-order chi connectivity index (χ1) is 10.1. The Bertz CT molecular complexity index is 605. The van der Waals surface area contributed by atoms with Crippen LogP contribution in [0.3, 0.4) is 0 Å². The van der Waals surface area contributed by atoms with Crippen molar-refractivity contribution >= 4 is 35.0 Å². The summed E-state index contributed by atoms with van der Waals surface area (Å²) >= 11 is 7.85. The lowest BCUT2D eigenvalue weighted by atomic mass is 10.2. The van der Waals surface area contributed by atoms with E-state index in [0.29, 0.717) is 22.8 Å². The Morgan fingerprint density at radius 3 is 3.05 bits per heavy atom. The van der Waals surface area contributed by atoms with Gasteiger partial charge in [-0.15, -0.1) is 0 Å². The van der Waals surface area contributed by atoms with Gasteiger partial charge in [0.1, 0.15) is 18.3 Å². The minimum Gasteiger partial charge on any atom is -0.323 e. The molecule has 0 spiro atoms. The van der Waals surface area contributed by atoms with E-state index in [-0.39, 0.29) is 5.91 Å². The number of thioether (sulfide) groups is 1. The maximum atomic E-state index is 12.1. The van der Waals surface area contributed by atoms with Crippen molar-refractivity contribution in [3.05, 3.63) is 35.9 Å². The van der Waals surface area contributed by atoms with Crippen LogP contribution in [0.5, 0.6) is 0 Å². The average molecular weight is 326 g/mol. The van der Waals surface area contributed by atoms with Crippen molar-refractivity contribution in [3.63, 3.8) is 0 Å². The van der Waals surface area contributed by atoms with E-state index in [1.807, 2.05) is 6.26 Å². The fraction of sp³-hybridized carbons (Fsp3) is 0.308. The molecule has 1 atom stereocenters. The summed E-state index contributed by atoms with van der Waals surface area (Å²) in [7, 11) is 0. The number of nitrogens with one attached hydrogen (secondary N) is 1. The van der Waals surface area contributed by atoms with Gasteiger partial charge in [-0.3, -0.25) is 4.79 Å². The Hall–Kier alpha value is -1.57. The van der Waals surface area contributed by atoms with Crippen LogP contribution in [-0.2, 0) is 4.79 Å². The molecule has 2 aromatic rings. The van der Waals surface area contributed by atoms with E-state index in [0.717, 1.165) is 5.75 Å². The zero-order valence-corrected chi connectivity index (χ0v) is 13.1. The molecule has 0 fully saturated rings. The summed E-state index contributed by atoms with van der Waals surface area (Å²) in [5.41, 5.74) is 6.99. The molecular weight excluding hydrogens is 310 g/mol. The molecule has 3 N–H and O–H groups in total. The monoisotopic (exact) mass is 325 g/mol. The van der Waals surface area contributed by atoms with Gasteiger partial charge in [0.25, 0.3) is 0 Å². The fourth-order valence-corrected chi connectivity index (χ4v) is 2.52. The number of anilines is 1. The van der Waals surface area contributed by atoms with Gasteiger partial charge < -0.3 is 11.1 Å². The highest BCUT2D eigenvalue weighted by Crippen LogP contribution is 2.27. The summed E-state index contributed by atoms with van der Waals surface area (Å²) < 4.78 is 1.51. The van der Waals surface area contributed by atoms with Gasteiger partial charge in [-0.05, 0) is 30.6 Å². The van der Waals surface area contributed by atoms with E-state index < -0.39 is 6.04 Å². The smallest absolute Gasteiger partial charge is 0.241 e. The lowest BCUT2D eigenvalue weighted by Gasteiger charge is -2.15. The highest BCUT2D eigenvalue weighted by Gasteiger charge is 2.17. The highest BCUT2D eigenvalue weighted by atomic mass is 35.5. The summed E-state index contributed by atoms with van der Waals surface area (Å²) in [6.07, 6.45) is 5.51. The zero-order valence-electron chi connectivity index (χ0n) is 11.5. The molecule has 1 aromatic carbocycles. The van der Waals surface area contributed by atoms with Crippen molar-refractivity contribution in [1.82, 2.24) is 14.8 Å². The average Bonchev–Trinajstić information content (AvgIpc) is 2.98. The third-order valence-corrected chi connectivity index (χ3v) is 3.81. The maximum Gasteiger partial charge on any atom is 0.241 e. The molecular formula is C13H16ClN5OS. The number of para-hydroxylation sites is 1. The van der Waals surface area contributed by atoms with E-state index in [1.54, 1.807) is 30.0 Å². The minimum absolute atomic E-state index is 0.243. The molecule has 0 saturated heterocycles. The Kier molecular flexibility index (Phi) is 5.60. The number of carbonyl (C=O) groups excluding carboxylic acids is 1. The van der Waals surface area contributed by atoms with Gasteiger partial charge in [-0.2, -0.15) is 16.9 Å². The highest BCUT2D eigenvalue weighted by molar-refractivity contribution is 7.98. The standard InChI is InChI=1S/C13H16ClN5OS/c1-21-6-5-10(15)13(20)18-11-4-2-3-9(14)12(11)19-8-16-7-17-19/h2-4,7-8,10H,5-6,15H2,1H3,(H,18,20)/t10-/m1/s1. The summed E-state index contributed by atoms with van der Waals surface area (Å²) in [5.74, 6) is 0.591. The van der Waals surface area contributed by atoms with Crippen LogP contribution in [0.2, 0.25) is 5.02 Å². The topological polar surface area (TPSA) is 85.8 Å². The second kappa shape index (κ2) is 7.44. The second-order valence-electron chi connectivity index (χ2n) is 4.35. The van der Waals surface area contributed by atoms with Gasteiger partial charge >= 0.3 is 0 Å². The molecule has 0 unspecified atom stereocenters. The molecule has 112 valence electrons. The van der Waals surface area contributed by atoms with Crippen molar-refractivity contribution in [3.8, 4) is 5.69 Å². The van der Waals surface area contributed by atoms with E-state index in [2.05, 4.69) is 15.4 Å². The largest absolute Gasteiger partial charge is 0.323 e. The summed E-state index contributed by atoms with van der Waals surface area (Å²) in [6, 6.07) is 4.68. The van der Waals surface area contributed by atoms with Gasteiger partial charge in [0.05, 0.1) is 16.8 Å². The third-order valence-electron chi connectivity index (χ3n) is 2.86. The number of rotatable bonds is 6. The van der Waals surface area contributed by atoms with Crippen LogP contribution < -0.4 is 11.1 Å². The number of halogens is 1. The Labute approximate surface area is 132 Å². The van der Waals surface area contributed by atoms with Gasteiger partial charge in [-0.25, -0.2) is 9.67 Å². The lowest BCUT2D eigenvalue weighted by molar-refractivity contribution is -0.117. The molecule has 0 radical (unpaired) electrons. The van der Waals surface area contributed by atoms with Crippen molar-refractivity contribution < 1.29 is 4.79 Å². The molecule has 8 heteroatoms. The quantitative estimate of drug-likeness (QED) is 0.847. The molecule has 6 nitrogen and oxygen atoms in total. The van der Waals surface area contributed by atoms with Gasteiger partial charge in [0.15, 0.2) is 0 Å². The molecule has 1 heterocycles. The second-order valence-corrected chi connectivity index (χ2v) is 5.75. The van der Waals surface area contributed by atoms with E-state index in [1.165, 1.54) is 17.3 Å². The molecule has 0 saturated carbocycles. The van der Waals surface area contributed by atoms with Crippen LogP contribution in [0.4, 0.5) is 5.69 Å². The van der Waals surface area contributed by atoms with Crippen molar-refractivity contribution in [1.29, 1.82) is 0 Å². The molecule has 0 bridgehead atoms. The number of hydrogen-bond donors (Lipinski definition) is 2. The van der Waals surface area contributed by atoms with E-state index >= 15 is 0 Å². The summed E-state index contributed by atoms with van der Waals surface area (Å²) in [4.78, 5) is 16.0. The SMILES string of the molecule is CSCC[C@@H](N)C(=O)Nc1cccc(Cl)c1-n1cncn1. The first-order valence-corrected chi connectivity index (χ1v) is 8.09. The predicted molar refractivity (Wildman–Crippen MR) is 86.0 cm³/mol. The first-order valence-electron chi connectivity index (χ1n) is 6.32. The minimum atomic E-state index is -0.556. The summed E-state index contributed by atoms with van der Waals surface area (Å²) in [5, 5.41) is 7.32. The number of nitrogens with zero attached hydrogens (tertiary/aromatic N) is 3. The summed E-state index contributed by atoms with van der Waals surface area (Å²) in [6.45, 7) is 0. The fourth-order valence-electron chi connectivity index (χ4n) is 1.77. The van der Waals surface area contributed by atoms with Gasteiger partial charge in [-0.1, -0.05) is 17.7 Å². The van der Waals surface area contributed by atoms with Crippen LogP contribution in [-0.4, -0.2) is 38.7 Å². The number of carbonyl (C=O) groups is 1. The third kappa shape index (κ3) is 3.96. The zero-order chi connectivity index (χ0) is 15.2. The molecule has 0 aliphatic rings. The number of benzene rings is 1. The van der Waals surface area contributed by atoms with Crippen LogP contribution in [0.15, 0.2) is 30.9 Å². The normalized spacial score (nSPS) is 12.1. The lowest BCUT2D eigenvalue weighted by Crippen LogP contribution is -2.36. The van der Waals surface area contributed by atoms with E-state index in [9.17, 15) is 4.79 Å². The van der Waals surface area contributed by atoms with Crippen LogP contribution in [0, 0.1) is 0 Å². The first kappa shape index (κ1) is 15.8. The van der Waals surface area contributed by atoms with Gasteiger partial charge in [0, 0.05) is 0 Å². The van der Waals surface area contributed by atoms with Gasteiger partial charge in [0.2, 0.25) is 5.91 Å².